The lowest BCUT2D eigenvalue weighted by Crippen LogP contribution is -3.27. The van der Waals surface area contributed by atoms with Crippen molar-refractivity contribution in [3.8, 4) is 0 Å². The molecule has 164 valence electrons. The third-order valence-corrected chi connectivity index (χ3v) is 8.19. The van der Waals surface area contributed by atoms with Crippen LogP contribution in [0.25, 0.3) is 0 Å². The van der Waals surface area contributed by atoms with E-state index in [0.717, 1.165) is 63.3 Å². The van der Waals surface area contributed by atoms with Gasteiger partial charge in [0.25, 0.3) is 0 Å². The molecule has 31 heavy (non-hydrogen) atoms. The zero-order chi connectivity index (χ0) is 21.6. The number of ether oxygens (including phenoxy) is 1. The van der Waals surface area contributed by atoms with E-state index < -0.39 is 0 Å². The number of allylic oxidation sites excluding steroid dienone is 3. The fraction of sp³-hybridized carbons (Fsp3) is 0.538. The van der Waals surface area contributed by atoms with Gasteiger partial charge in [0.05, 0.1) is 6.54 Å². The molecule has 2 saturated heterocycles. The van der Waals surface area contributed by atoms with Gasteiger partial charge in [-0.3, -0.25) is 9.59 Å². The Morgan fingerprint density at radius 3 is 2.52 bits per heavy atom. The number of hydrogen-bond donors (Lipinski definition) is 2. The Hall–Kier alpha value is -2.24. The molecule has 5 heteroatoms. The Bertz CT molecular complexity index is 929. The summed E-state index contributed by atoms with van der Waals surface area (Å²) in [5.74, 6) is 0.192. The highest BCUT2D eigenvalue weighted by Gasteiger charge is 2.55. The molecule has 0 amide bonds. The molecular formula is C26H34N2O3+2. The van der Waals surface area contributed by atoms with Gasteiger partial charge >= 0.3 is 5.97 Å². The summed E-state index contributed by atoms with van der Waals surface area (Å²) in [4.78, 5) is 28.4. The second-order valence-corrected chi connectivity index (χ2v) is 10.2. The summed E-state index contributed by atoms with van der Waals surface area (Å²) >= 11 is 0. The molecule has 2 heterocycles. The number of ketones is 1. The lowest BCUT2D eigenvalue weighted by molar-refractivity contribution is -1.02. The standard InChI is InChI=1S/C26H32N2O3/c1-18-22(29)9-11-26(2)10-8-20-21(25(30)31-24(20)23(18)26)17-28-14-12-27(13-15-28)16-19-6-4-3-5-7-19/h3-7,9,11,20-21,24H,8,10,12-17H2,1-2H3/p+2/t20-,21-,24-,26-/m0/s1. The maximum absolute atomic E-state index is 12.9. The molecule has 0 spiro atoms. The highest BCUT2D eigenvalue weighted by atomic mass is 16.6. The van der Waals surface area contributed by atoms with Crippen LogP contribution in [0, 0.1) is 17.3 Å². The van der Waals surface area contributed by atoms with Gasteiger partial charge in [0.2, 0.25) is 0 Å². The zero-order valence-electron chi connectivity index (χ0n) is 18.7. The van der Waals surface area contributed by atoms with Crippen LogP contribution in [0.4, 0.5) is 0 Å². The number of piperazine rings is 1. The third-order valence-electron chi connectivity index (χ3n) is 8.19. The van der Waals surface area contributed by atoms with Crippen molar-refractivity contribution in [3.63, 3.8) is 0 Å². The molecule has 3 fully saturated rings. The number of hydrogen-bond acceptors (Lipinski definition) is 3. The molecule has 1 saturated carbocycles. The van der Waals surface area contributed by atoms with Crippen LogP contribution in [0.2, 0.25) is 0 Å². The molecule has 1 aromatic carbocycles. The molecule has 2 aliphatic carbocycles. The number of nitrogens with one attached hydrogen (secondary N) is 2. The fourth-order valence-electron chi connectivity index (χ4n) is 6.34. The number of esters is 1. The molecule has 4 aliphatic rings. The Labute approximate surface area is 184 Å². The maximum Gasteiger partial charge on any atom is 0.315 e. The highest BCUT2D eigenvalue weighted by molar-refractivity contribution is 6.05. The lowest BCUT2D eigenvalue weighted by Gasteiger charge is -2.43. The van der Waals surface area contributed by atoms with Crippen LogP contribution in [-0.2, 0) is 20.9 Å². The normalized spacial score (nSPS) is 37.4. The first-order valence-corrected chi connectivity index (χ1v) is 11.8. The van der Waals surface area contributed by atoms with E-state index in [1.807, 2.05) is 13.0 Å². The van der Waals surface area contributed by atoms with Crippen molar-refractivity contribution in [1.29, 1.82) is 0 Å². The summed E-state index contributed by atoms with van der Waals surface area (Å²) in [5, 5.41) is 0. The van der Waals surface area contributed by atoms with Crippen molar-refractivity contribution < 1.29 is 24.1 Å². The smallest absolute Gasteiger partial charge is 0.315 e. The van der Waals surface area contributed by atoms with Crippen LogP contribution in [0.1, 0.15) is 32.3 Å². The second kappa shape index (κ2) is 8.03. The topological polar surface area (TPSA) is 52.2 Å². The minimum Gasteiger partial charge on any atom is -0.457 e. The average Bonchev–Trinajstić information content (AvgIpc) is 3.08. The van der Waals surface area contributed by atoms with Gasteiger partial charge in [0.1, 0.15) is 44.7 Å². The van der Waals surface area contributed by atoms with Crippen LogP contribution in [-0.4, -0.2) is 50.6 Å². The van der Waals surface area contributed by atoms with Crippen molar-refractivity contribution in [3.05, 3.63) is 59.2 Å². The van der Waals surface area contributed by atoms with Gasteiger partial charge in [-0.2, -0.15) is 0 Å². The number of rotatable bonds is 4. The Kier molecular flexibility index (Phi) is 5.35. The summed E-state index contributed by atoms with van der Waals surface area (Å²) in [5.41, 5.74) is 3.11. The second-order valence-electron chi connectivity index (χ2n) is 10.2. The number of quaternary nitrogens is 2. The molecule has 2 aliphatic heterocycles. The van der Waals surface area contributed by atoms with Crippen molar-refractivity contribution in [2.24, 2.45) is 17.3 Å². The van der Waals surface area contributed by atoms with Crippen LogP contribution in [0.5, 0.6) is 0 Å². The SMILES string of the molecule is CC1=C2[C@H]3OC(=O)[C@@H](C[NH+]4CC[NH+](Cc5ccccc5)CC4)[C@@H]3CC[C@@]2(C)C=CC1=O. The molecule has 0 radical (unpaired) electrons. The minimum absolute atomic E-state index is 0.0402. The number of fused-ring (bicyclic) bond motifs is 3. The summed E-state index contributed by atoms with van der Waals surface area (Å²) < 4.78 is 5.97. The monoisotopic (exact) mass is 422 g/mol. The van der Waals surface area contributed by atoms with E-state index in [0.29, 0.717) is 0 Å². The summed E-state index contributed by atoms with van der Waals surface area (Å²) in [7, 11) is 0. The molecule has 5 nitrogen and oxygen atoms in total. The predicted octanol–water partition coefficient (Wildman–Crippen LogP) is 0.383. The van der Waals surface area contributed by atoms with Crippen LogP contribution in [0.15, 0.2) is 53.6 Å². The van der Waals surface area contributed by atoms with E-state index in [1.54, 1.807) is 11.0 Å². The molecule has 5 rings (SSSR count). The van der Waals surface area contributed by atoms with Gasteiger partial charge in [-0.15, -0.1) is 0 Å². The number of carbonyl (C=O) groups excluding carboxylic acids is 2. The van der Waals surface area contributed by atoms with Gasteiger partial charge < -0.3 is 14.5 Å². The van der Waals surface area contributed by atoms with E-state index in [-0.39, 0.29) is 35.1 Å². The Morgan fingerprint density at radius 1 is 1.06 bits per heavy atom. The summed E-state index contributed by atoms with van der Waals surface area (Å²) in [6.07, 6.45) is 5.51. The van der Waals surface area contributed by atoms with E-state index in [4.69, 9.17) is 4.74 Å². The number of carbonyl (C=O) groups is 2. The predicted molar refractivity (Wildman–Crippen MR) is 117 cm³/mol. The van der Waals surface area contributed by atoms with Gasteiger partial charge in [-0.05, 0) is 31.4 Å². The lowest BCUT2D eigenvalue weighted by atomic mass is 9.61. The largest absolute Gasteiger partial charge is 0.457 e. The third kappa shape index (κ3) is 3.79. The molecule has 2 N–H and O–H groups in total. The van der Waals surface area contributed by atoms with Gasteiger partial charge in [-0.25, -0.2) is 0 Å². The molecule has 0 aromatic heterocycles. The maximum atomic E-state index is 12.9. The molecule has 1 aromatic rings. The van der Waals surface area contributed by atoms with Gasteiger partial charge in [-0.1, -0.05) is 43.3 Å². The fourth-order valence-corrected chi connectivity index (χ4v) is 6.34. The first kappa shape index (κ1) is 20.7. The van der Waals surface area contributed by atoms with E-state index in [1.165, 1.54) is 10.5 Å². The van der Waals surface area contributed by atoms with E-state index in [9.17, 15) is 9.59 Å². The highest BCUT2D eigenvalue weighted by Crippen LogP contribution is 2.52. The zero-order valence-corrected chi connectivity index (χ0v) is 18.7. The first-order chi connectivity index (χ1) is 14.9. The van der Waals surface area contributed by atoms with Crippen LogP contribution < -0.4 is 9.80 Å². The summed E-state index contributed by atoms with van der Waals surface area (Å²) in [6, 6.07) is 10.7. The van der Waals surface area contributed by atoms with Gasteiger partial charge in [0.15, 0.2) is 5.78 Å². The molecule has 0 bridgehead atoms. The molecular weight excluding hydrogens is 388 g/mol. The molecule has 4 atom stereocenters. The van der Waals surface area contributed by atoms with Crippen molar-refractivity contribution in [1.82, 2.24) is 0 Å². The quantitative estimate of drug-likeness (QED) is 0.690. The first-order valence-electron chi connectivity index (χ1n) is 11.8. The Morgan fingerprint density at radius 2 is 1.77 bits per heavy atom. The Balaban J connectivity index is 1.23. The van der Waals surface area contributed by atoms with Crippen molar-refractivity contribution in [2.75, 3.05) is 32.7 Å². The van der Waals surface area contributed by atoms with Crippen molar-refractivity contribution >= 4 is 11.8 Å². The van der Waals surface area contributed by atoms with Crippen LogP contribution in [0.3, 0.4) is 0 Å². The minimum atomic E-state index is -0.213. The van der Waals surface area contributed by atoms with E-state index in [2.05, 4.69) is 37.3 Å². The van der Waals surface area contributed by atoms with Gasteiger partial charge in [0, 0.05) is 22.5 Å². The molecule has 0 unspecified atom stereocenters. The number of benzene rings is 1. The summed E-state index contributed by atoms with van der Waals surface area (Å²) in [6.45, 7) is 10.5. The van der Waals surface area contributed by atoms with E-state index >= 15 is 0 Å². The van der Waals surface area contributed by atoms with Crippen LogP contribution >= 0.6 is 0 Å². The average molecular weight is 423 g/mol. The van der Waals surface area contributed by atoms with Crippen molar-refractivity contribution in [2.45, 2.75) is 39.3 Å².